The number of amides is 2. The van der Waals surface area contributed by atoms with Crippen LogP contribution in [-0.2, 0) is 9.59 Å². The molecule has 142 valence electrons. The smallest absolute Gasteiger partial charge is 0.238 e. The summed E-state index contributed by atoms with van der Waals surface area (Å²) in [5, 5.41) is 2.98. The maximum atomic E-state index is 12.4. The number of carbonyl (C=O) groups excluding carboxylic acids is 2. The third kappa shape index (κ3) is 5.65. The molecule has 1 aromatic rings. The Labute approximate surface area is 169 Å². The molecule has 2 aliphatic rings. The lowest BCUT2D eigenvalue weighted by atomic mass is 10.1. The lowest BCUT2D eigenvalue weighted by molar-refractivity contribution is -0.134. The van der Waals surface area contributed by atoms with Gasteiger partial charge in [-0.05, 0) is 54.0 Å². The lowest BCUT2D eigenvalue weighted by Gasteiger charge is -2.35. The molecule has 2 heterocycles. The van der Waals surface area contributed by atoms with E-state index >= 15 is 0 Å². The summed E-state index contributed by atoms with van der Waals surface area (Å²) >= 11 is 2.23. The fraction of sp³-hybridized carbons (Fsp3) is 0.579. The Morgan fingerprint density at radius 3 is 2.15 bits per heavy atom. The van der Waals surface area contributed by atoms with E-state index in [9.17, 15) is 9.59 Å². The van der Waals surface area contributed by atoms with Crippen LogP contribution in [0.25, 0.3) is 0 Å². The van der Waals surface area contributed by atoms with Crippen molar-refractivity contribution in [2.75, 3.05) is 57.7 Å². The standard InChI is InChI=1S/C19H27IN4O2/c20-16-6-2-3-7-17(16)21-18(25)14-22-10-12-23(13-11-22)15-19(26)24-8-4-1-5-9-24/h2-3,6-7H,1,4-5,8-15H2,(H,21,25). The van der Waals surface area contributed by atoms with Gasteiger partial charge < -0.3 is 10.2 Å². The van der Waals surface area contributed by atoms with E-state index < -0.39 is 0 Å². The number of nitrogens with one attached hydrogen (secondary N) is 1. The summed E-state index contributed by atoms with van der Waals surface area (Å²) in [5.41, 5.74) is 0.865. The molecule has 0 aliphatic carbocycles. The highest BCUT2D eigenvalue weighted by Crippen LogP contribution is 2.17. The second-order valence-corrected chi connectivity index (χ2v) is 8.18. The summed E-state index contributed by atoms with van der Waals surface area (Å²) in [6.45, 7) is 6.08. The van der Waals surface area contributed by atoms with Crippen LogP contribution in [0.15, 0.2) is 24.3 Å². The normalized spacial score (nSPS) is 19.3. The Bertz CT molecular complexity index is 626. The number of likely N-dealkylation sites (tertiary alicyclic amines) is 1. The molecule has 0 spiro atoms. The van der Waals surface area contributed by atoms with E-state index in [0.29, 0.717) is 13.1 Å². The Morgan fingerprint density at radius 2 is 1.50 bits per heavy atom. The molecule has 1 N–H and O–H groups in total. The van der Waals surface area contributed by atoms with Crippen LogP contribution < -0.4 is 5.32 Å². The monoisotopic (exact) mass is 470 g/mol. The lowest BCUT2D eigenvalue weighted by Crippen LogP contribution is -2.51. The van der Waals surface area contributed by atoms with Crippen molar-refractivity contribution in [1.82, 2.24) is 14.7 Å². The number of rotatable bonds is 5. The van der Waals surface area contributed by atoms with E-state index in [0.717, 1.165) is 61.4 Å². The van der Waals surface area contributed by atoms with Crippen molar-refractivity contribution >= 4 is 40.1 Å². The third-order valence-corrected chi connectivity index (χ3v) is 5.99. The van der Waals surface area contributed by atoms with E-state index in [2.05, 4.69) is 37.7 Å². The molecule has 0 unspecified atom stereocenters. The molecule has 0 radical (unpaired) electrons. The quantitative estimate of drug-likeness (QED) is 0.668. The first-order valence-electron chi connectivity index (χ1n) is 9.39. The zero-order chi connectivity index (χ0) is 18.4. The summed E-state index contributed by atoms with van der Waals surface area (Å²) in [6.07, 6.45) is 3.51. The molecular formula is C19H27IN4O2. The first-order valence-corrected chi connectivity index (χ1v) is 10.5. The molecule has 2 saturated heterocycles. The highest BCUT2D eigenvalue weighted by Gasteiger charge is 2.23. The molecule has 7 heteroatoms. The molecule has 3 rings (SSSR count). The molecule has 0 aromatic heterocycles. The second kappa shape index (κ2) is 9.66. The number of para-hydroxylation sites is 1. The number of hydrogen-bond acceptors (Lipinski definition) is 4. The van der Waals surface area contributed by atoms with Crippen LogP contribution in [0, 0.1) is 3.57 Å². The highest BCUT2D eigenvalue weighted by atomic mass is 127. The predicted molar refractivity (Wildman–Crippen MR) is 111 cm³/mol. The summed E-state index contributed by atoms with van der Waals surface area (Å²) < 4.78 is 1.04. The van der Waals surface area contributed by atoms with Crippen LogP contribution in [0.2, 0.25) is 0 Å². The Kier molecular flexibility index (Phi) is 7.27. The fourth-order valence-electron chi connectivity index (χ4n) is 3.50. The van der Waals surface area contributed by atoms with Crippen LogP contribution in [0.3, 0.4) is 0 Å². The minimum atomic E-state index is 0.0203. The van der Waals surface area contributed by atoms with Gasteiger partial charge in [0.25, 0.3) is 0 Å². The average Bonchev–Trinajstić information content (AvgIpc) is 2.66. The van der Waals surface area contributed by atoms with Crippen molar-refractivity contribution < 1.29 is 9.59 Å². The van der Waals surface area contributed by atoms with Gasteiger partial charge >= 0.3 is 0 Å². The first kappa shape index (κ1) is 19.6. The number of piperazine rings is 1. The summed E-state index contributed by atoms with van der Waals surface area (Å²) in [4.78, 5) is 31.0. The Hall–Kier alpha value is -1.19. The average molecular weight is 470 g/mol. The largest absolute Gasteiger partial charge is 0.342 e. The molecule has 0 atom stereocenters. The molecule has 2 aliphatic heterocycles. The molecule has 26 heavy (non-hydrogen) atoms. The molecule has 1 aromatic carbocycles. The van der Waals surface area contributed by atoms with Gasteiger partial charge in [0.15, 0.2) is 0 Å². The van der Waals surface area contributed by atoms with Crippen LogP contribution in [-0.4, -0.2) is 78.9 Å². The minimum Gasteiger partial charge on any atom is -0.342 e. The molecule has 2 fully saturated rings. The van der Waals surface area contributed by atoms with Gasteiger partial charge in [-0.2, -0.15) is 0 Å². The minimum absolute atomic E-state index is 0.0203. The van der Waals surface area contributed by atoms with Gasteiger partial charge in [-0.1, -0.05) is 12.1 Å². The SMILES string of the molecule is O=C(CN1CCN(CC(=O)N2CCCCC2)CC1)Nc1ccccc1I. The number of piperidine rings is 1. The number of carbonyl (C=O) groups is 2. The van der Waals surface area contributed by atoms with E-state index in [1.54, 1.807) is 0 Å². The number of hydrogen-bond donors (Lipinski definition) is 1. The van der Waals surface area contributed by atoms with E-state index in [1.165, 1.54) is 6.42 Å². The predicted octanol–water partition coefficient (Wildman–Crippen LogP) is 1.86. The van der Waals surface area contributed by atoms with Crippen LogP contribution >= 0.6 is 22.6 Å². The van der Waals surface area contributed by atoms with Crippen LogP contribution in [0.5, 0.6) is 0 Å². The molecule has 0 bridgehead atoms. The maximum absolute atomic E-state index is 12.4. The molecule has 6 nitrogen and oxygen atoms in total. The summed E-state index contributed by atoms with van der Waals surface area (Å²) in [7, 11) is 0. The number of benzene rings is 1. The number of anilines is 1. The van der Waals surface area contributed by atoms with Crippen molar-refractivity contribution in [3.8, 4) is 0 Å². The van der Waals surface area contributed by atoms with Gasteiger partial charge in [-0.3, -0.25) is 19.4 Å². The van der Waals surface area contributed by atoms with Crippen LogP contribution in [0.1, 0.15) is 19.3 Å². The number of halogens is 1. The molecular weight excluding hydrogens is 443 g/mol. The fourth-order valence-corrected chi connectivity index (χ4v) is 4.02. The number of nitrogens with zero attached hydrogens (tertiary/aromatic N) is 3. The molecule has 2 amide bonds. The van der Waals surface area contributed by atoms with Gasteiger partial charge in [0.1, 0.15) is 0 Å². The highest BCUT2D eigenvalue weighted by molar-refractivity contribution is 14.1. The Morgan fingerprint density at radius 1 is 0.885 bits per heavy atom. The zero-order valence-corrected chi connectivity index (χ0v) is 17.3. The van der Waals surface area contributed by atoms with Crippen LogP contribution in [0.4, 0.5) is 5.69 Å². The van der Waals surface area contributed by atoms with Gasteiger partial charge in [-0.15, -0.1) is 0 Å². The summed E-state index contributed by atoms with van der Waals surface area (Å²) in [5.74, 6) is 0.279. The zero-order valence-electron chi connectivity index (χ0n) is 15.1. The first-order chi connectivity index (χ1) is 12.6. The topological polar surface area (TPSA) is 55.9 Å². The van der Waals surface area contributed by atoms with E-state index in [1.807, 2.05) is 29.2 Å². The van der Waals surface area contributed by atoms with Crippen molar-refractivity contribution in [3.63, 3.8) is 0 Å². The maximum Gasteiger partial charge on any atom is 0.238 e. The Balaban J connectivity index is 1.38. The third-order valence-electron chi connectivity index (χ3n) is 5.05. The van der Waals surface area contributed by atoms with Gasteiger partial charge in [0, 0.05) is 42.8 Å². The van der Waals surface area contributed by atoms with Crippen molar-refractivity contribution in [2.45, 2.75) is 19.3 Å². The van der Waals surface area contributed by atoms with Crippen molar-refractivity contribution in [3.05, 3.63) is 27.8 Å². The molecule has 0 saturated carbocycles. The van der Waals surface area contributed by atoms with E-state index in [4.69, 9.17) is 0 Å². The van der Waals surface area contributed by atoms with Crippen molar-refractivity contribution in [2.24, 2.45) is 0 Å². The van der Waals surface area contributed by atoms with Gasteiger partial charge in [-0.25, -0.2) is 0 Å². The second-order valence-electron chi connectivity index (χ2n) is 7.02. The van der Waals surface area contributed by atoms with Gasteiger partial charge in [0.05, 0.1) is 18.8 Å². The summed E-state index contributed by atoms with van der Waals surface area (Å²) in [6, 6.07) is 7.79. The van der Waals surface area contributed by atoms with Crippen molar-refractivity contribution in [1.29, 1.82) is 0 Å². The van der Waals surface area contributed by atoms with Gasteiger partial charge in [0.2, 0.25) is 11.8 Å². The van der Waals surface area contributed by atoms with E-state index in [-0.39, 0.29) is 11.8 Å².